The van der Waals surface area contributed by atoms with Gasteiger partial charge in [-0.3, -0.25) is 0 Å². The minimum absolute atomic E-state index is 0.864. The molecule has 0 saturated carbocycles. The summed E-state index contributed by atoms with van der Waals surface area (Å²) in [5, 5.41) is 9.64. The van der Waals surface area contributed by atoms with Crippen molar-refractivity contribution in [2.45, 2.75) is 0 Å². The summed E-state index contributed by atoms with van der Waals surface area (Å²) in [6, 6.07) is 87.8. The van der Waals surface area contributed by atoms with Crippen molar-refractivity contribution in [2.75, 3.05) is 4.90 Å². The van der Waals surface area contributed by atoms with Gasteiger partial charge in [0.15, 0.2) is 0 Å². The molecule has 304 valence electrons. The lowest BCUT2D eigenvalue weighted by molar-refractivity contribution is 0.670. The van der Waals surface area contributed by atoms with Crippen molar-refractivity contribution < 1.29 is 4.42 Å². The molecule has 2 aromatic heterocycles. The van der Waals surface area contributed by atoms with Gasteiger partial charge in [0.25, 0.3) is 0 Å². The minimum atomic E-state index is 0.864. The fraction of sp³-hybridized carbons (Fsp3) is 0. The van der Waals surface area contributed by atoms with Crippen LogP contribution >= 0.6 is 0 Å². The Balaban J connectivity index is 1.03. The van der Waals surface area contributed by atoms with Crippen LogP contribution < -0.4 is 4.90 Å². The molecule has 0 aliphatic heterocycles. The third-order valence-electron chi connectivity index (χ3n) is 13.1. The molecular weight excluding hydrogens is 789 g/mol. The average molecular weight is 829 g/mol. The van der Waals surface area contributed by atoms with Crippen LogP contribution in [0.5, 0.6) is 0 Å². The molecule has 0 bridgehead atoms. The first-order chi connectivity index (χ1) is 32.2. The maximum atomic E-state index is 6.85. The molecule has 65 heavy (non-hydrogen) atoms. The maximum Gasteiger partial charge on any atom is 0.143 e. The standard InChI is InChI=1S/C62H40N2O/c1-2-15-41(16-3-1)43-18-12-21-48(36-43)63(49-22-13-19-44(37-49)45-33-34-53-47(35-45)32-31-42-17-4-5-24-52(42)53)51-39-57(62-58(40-51)56-27-8-11-30-61(56)65-62)46-20-14-23-50(38-46)64-59-28-9-6-25-54(59)55-26-7-10-29-60(55)64/h1-40H. The largest absolute Gasteiger partial charge is 0.455 e. The smallest absolute Gasteiger partial charge is 0.143 e. The summed E-state index contributed by atoms with van der Waals surface area (Å²) < 4.78 is 9.23. The van der Waals surface area contributed by atoms with Gasteiger partial charge in [-0.05, 0) is 122 Å². The number of furan rings is 1. The average Bonchev–Trinajstić information content (AvgIpc) is 3.92. The molecule has 2 heterocycles. The van der Waals surface area contributed by atoms with E-state index in [9.17, 15) is 0 Å². The Morgan fingerprint density at radius 1 is 0.308 bits per heavy atom. The van der Waals surface area contributed by atoms with Gasteiger partial charge in [0, 0.05) is 49.9 Å². The van der Waals surface area contributed by atoms with Crippen LogP contribution in [-0.2, 0) is 0 Å². The lowest BCUT2D eigenvalue weighted by Crippen LogP contribution is -2.10. The van der Waals surface area contributed by atoms with Gasteiger partial charge in [0.1, 0.15) is 11.2 Å². The summed E-state index contributed by atoms with van der Waals surface area (Å²) in [5.41, 5.74) is 15.1. The van der Waals surface area contributed by atoms with E-state index in [-0.39, 0.29) is 0 Å². The number of rotatable bonds is 7. The Morgan fingerprint density at radius 3 is 1.65 bits per heavy atom. The second-order valence-corrected chi connectivity index (χ2v) is 16.9. The number of nitrogens with zero attached hydrogens (tertiary/aromatic N) is 2. The fourth-order valence-corrected chi connectivity index (χ4v) is 10.1. The number of anilines is 3. The normalized spacial score (nSPS) is 11.7. The van der Waals surface area contributed by atoms with Crippen LogP contribution in [0.1, 0.15) is 0 Å². The number of benzene rings is 11. The first kappa shape index (κ1) is 36.9. The van der Waals surface area contributed by atoms with E-state index in [2.05, 4.69) is 252 Å². The molecule has 3 heteroatoms. The van der Waals surface area contributed by atoms with Crippen LogP contribution in [0.2, 0.25) is 0 Å². The van der Waals surface area contributed by atoms with Crippen molar-refractivity contribution in [3.8, 4) is 39.1 Å². The molecular formula is C62H40N2O. The number of hydrogen-bond acceptors (Lipinski definition) is 2. The van der Waals surface area contributed by atoms with Crippen molar-refractivity contribution in [3.63, 3.8) is 0 Å². The zero-order chi connectivity index (χ0) is 42.8. The van der Waals surface area contributed by atoms with Gasteiger partial charge in [0.2, 0.25) is 0 Å². The molecule has 13 aromatic rings. The van der Waals surface area contributed by atoms with Crippen molar-refractivity contribution >= 4 is 82.4 Å². The van der Waals surface area contributed by atoms with Gasteiger partial charge in [-0.1, -0.05) is 170 Å². The van der Waals surface area contributed by atoms with Gasteiger partial charge in [0.05, 0.1) is 11.0 Å². The van der Waals surface area contributed by atoms with Crippen LogP contribution in [0.25, 0.3) is 104 Å². The highest BCUT2D eigenvalue weighted by atomic mass is 16.3. The van der Waals surface area contributed by atoms with Gasteiger partial charge in [-0.2, -0.15) is 0 Å². The Bertz CT molecular complexity index is 3920. The predicted molar refractivity (Wildman–Crippen MR) is 274 cm³/mol. The summed E-state index contributed by atoms with van der Waals surface area (Å²) in [5.74, 6) is 0. The number of fused-ring (bicyclic) bond motifs is 9. The van der Waals surface area contributed by atoms with Crippen LogP contribution in [0.3, 0.4) is 0 Å². The van der Waals surface area contributed by atoms with Crippen molar-refractivity contribution in [3.05, 3.63) is 243 Å². The summed E-state index contributed by atoms with van der Waals surface area (Å²) in [7, 11) is 0. The third-order valence-corrected chi connectivity index (χ3v) is 13.1. The van der Waals surface area contributed by atoms with Crippen molar-refractivity contribution in [1.29, 1.82) is 0 Å². The van der Waals surface area contributed by atoms with E-state index in [4.69, 9.17) is 4.42 Å². The van der Waals surface area contributed by atoms with E-state index in [1.807, 2.05) is 0 Å². The number of para-hydroxylation sites is 3. The van der Waals surface area contributed by atoms with E-state index >= 15 is 0 Å². The lowest BCUT2D eigenvalue weighted by Gasteiger charge is -2.27. The molecule has 13 rings (SSSR count). The van der Waals surface area contributed by atoms with Crippen LogP contribution in [-0.4, -0.2) is 4.57 Å². The molecule has 3 nitrogen and oxygen atoms in total. The molecule has 0 aliphatic rings. The molecule has 0 fully saturated rings. The predicted octanol–water partition coefficient (Wildman–Crippen LogP) is 17.5. The summed E-state index contributed by atoms with van der Waals surface area (Å²) in [4.78, 5) is 2.41. The van der Waals surface area contributed by atoms with Gasteiger partial charge in [-0.15, -0.1) is 0 Å². The molecule has 0 radical (unpaired) electrons. The lowest BCUT2D eigenvalue weighted by atomic mass is 9.96. The molecule has 0 N–H and O–H groups in total. The Morgan fingerprint density at radius 2 is 0.877 bits per heavy atom. The van der Waals surface area contributed by atoms with Crippen molar-refractivity contribution in [1.82, 2.24) is 4.57 Å². The minimum Gasteiger partial charge on any atom is -0.455 e. The maximum absolute atomic E-state index is 6.85. The number of hydrogen-bond donors (Lipinski definition) is 0. The SMILES string of the molecule is c1ccc(-c2cccc(N(c3cccc(-c4ccc5c(ccc6ccccc65)c4)c3)c3cc(-c4cccc(-n5c6ccccc6c6ccccc65)c4)c4oc5ccccc5c4c3)c2)cc1. The van der Waals surface area contributed by atoms with E-state index in [1.54, 1.807) is 0 Å². The van der Waals surface area contributed by atoms with Crippen molar-refractivity contribution in [2.24, 2.45) is 0 Å². The van der Waals surface area contributed by atoms with Crippen LogP contribution in [0.15, 0.2) is 247 Å². The van der Waals surface area contributed by atoms with E-state index in [0.29, 0.717) is 0 Å². The monoisotopic (exact) mass is 828 g/mol. The molecule has 0 saturated heterocycles. The second-order valence-electron chi connectivity index (χ2n) is 16.9. The first-order valence-corrected chi connectivity index (χ1v) is 22.2. The Labute approximate surface area is 376 Å². The second kappa shape index (κ2) is 15.0. The van der Waals surface area contributed by atoms with Gasteiger partial charge >= 0.3 is 0 Å². The topological polar surface area (TPSA) is 21.3 Å². The van der Waals surface area contributed by atoms with Crippen LogP contribution in [0, 0.1) is 0 Å². The molecule has 0 spiro atoms. The quantitative estimate of drug-likeness (QED) is 0.149. The molecule has 0 amide bonds. The zero-order valence-corrected chi connectivity index (χ0v) is 35.4. The molecule has 11 aromatic carbocycles. The molecule has 0 unspecified atom stereocenters. The van der Waals surface area contributed by atoms with E-state index in [1.165, 1.54) is 54.5 Å². The van der Waals surface area contributed by atoms with Gasteiger partial charge in [-0.25, -0.2) is 0 Å². The van der Waals surface area contributed by atoms with E-state index in [0.717, 1.165) is 66.9 Å². The Kier molecular flexibility index (Phi) is 8.53. The van der Waals surface area contributed by atoms with E-state index < -0.39 is 0 Å². The molecule has 0 atom stereocenters. The third kappa shape index (κ3) is 6.20. The first-order valence-electron chi connectivity index (χ1n) is 22.2. The fourth-order valence-electron chi connectivity index (χ4n) is 10.1. The highest BCUT2D eigenvalue weighted by Crippen LogP contribution is 2.45. The Hall–Kier alpha value is -8.66. The van der Waals surface area contributed by atoms with Gasteiger partial charge < -0.3 is 13.9 Å². The highest BCUT2D eigenvalue weighted by Gasteiger charge is 2.22. The molecule has 0 aliphatic carbocycles. The number of aromatic nitrogens is 1. The van der Waals surface area contributed by atoms with Crippen LogP contribution in [0.4, 0.5) is 17.1 Å². The highest BCUT2D eigenvalue weighted by molar-refractivity contribution is 6.13. The summed E-state index contributed by atoms with van der Waals surface area (Å²) >= 11 is 0. The summed E-state index contributed by atoms with van der Waals surface area (Å²) in [6.45, 7) is 0. The summed E-state index contributed by atoms with van der Waals surface area (Å²) in [6.07, 6.45) is 0. The zero-order valence-electron chi connectivity index (χ0n) is 35.4.